The summed E-state index contributed by atoms with van der Waals surface area (Å²) in [7, 11) is 0. The van der Waals surface area contributed by atoms with Crippen LogP contribution < -0.4 is 10.6 Å². The van der Waals surface area contributed by atoms with Crippen molar-refractivity contribution in [2.45, 2.75) is 225 Å². The molecule has 0 aromatic rings. The number of carbonyl (C=O) groups is 4. The van der Waals surface area contributed by atoms with Crippen LogP contribution in [0.25, 0.3) is 0 Å². The van der Waals surface area contributed by atoms with E-state index in [1.165, 1.54) is 128 Å². The number of esters is 1. The molecule has 0 heterocycles. The number of nitrogens with one attached hydrogen (secondary N) is 2. The van der Waals surface area contributed by atoms with E-state index in [2.05, 4.69) is 42.7 Å². The number of carboxylic acid groups (broad SMARTS) is 1. The quantitative estimate of drug-likeness (QED) is 0.0276. The molecule has 2 unspecified atom stereocenters. The Balaban J connectivity index is 4.24. The van der Waals surface area contributed by atoms with Gasteiger partial charge in [0.2, 0.25) is 11.8 Å². The van der Waals surface area contributed by atoms with Gasteiger partial charge in [-0.25, -0.2) is 4.79 Å². The maximum absolute atomic E-state index is 12.7. The molecule has 9 heteroatoms. The Hall–Kier alpha value is -2.68. The molecule has 314 valence electrons. The van der Waals surface area contributed by atoms with Crippen molar-refractivity contribution in [3.8, 4) is 0 Å². The summed E-state index contributed by atoms with van der Waals surface area (Å²) in [6.45, 7) is 3.44. The number of hydrogen-bond donors (Lipinski definition) is 4. The molecular weight excluding hydrogens is 681 g/mol. The minimum Gasteiger partial charge on any atom is -0.480 e. The lowest BCUT2D eigenvalue weighted by Crippen LogP contribution is -2.47. The lowest BCUT2D eigenvalue weighted by molar-refractivity contribution is -0.147. The molecular formula is C45H82N2O7. The molecule has 0 aliphatic rings. The predicted octanol–water partition coefficient (Wildman–Crippen LogP) is 10.8. The minimum absolute atomic E-state index is 0.123. The second-order valence-corrected chi connectivity index (χ2v) is 15.1. The van der Waals surface area contributed by atoms with E-state index in [0.29, 0.717) is 12.8 Å². The van der Waals surface area contributed by atoms with Crippen molar-refractivity contribution in [3.05, 3.63) is 24.3 Å². The summed E-state index contributed by atoms with van der Waals surface area (Å²) in [5.74, 6) is -2.41. The summed E-state index contributed by atoms with van der Waals surface area (Å²) in [5.41, 5.74) is 0. The molecule has 0 aromatic carbocycles. The van der Waals surface area contributed by atoms with Crippen LogP contribution >= 0.6 is 0 Å². The molecule has 2 amide bonds. The Kier molecular flexibility index (Phi) is 38.0. The number of allylic oxidation sites excluding steroid dienone is 3. The van der Waals surface area contributed by atoms with Gasteiger partial charge in [0, 0.05) is 12.8 Å². The Morgan fingerprint density at radius 3 is 1.57 bits per heavy atom. The van der Waals surface area contributed by atoms with Crippen LogP contribution in [0.3, 0.4) is 0 Å². The number of amides is 2. The number of aliphatic carboxylic acids is 1. The van der Waals surface area contributed by atoms with E-state index < -0.39 is 24.5 Å². The van der Waals surface area contributed by atoms with Gasteiger partial charge in [-0.1, -0.05) is 173 Å². The van der Waals surface area contributed by atoms with Crippen LogP contribution in [0.1, 0.15) is 213 Å². The fourth-order valence-corrected chi connectivity index (χ4v) is 6.49. The highest BCUT2D eigenvalue weighted by Crippen LogP contribution is 2.16. The molecule has 54 heavy (non-hydrogen) atoms. The normalized spacial score (nSPS) is 12.6. The largest absolute Gasteiger partial charge is 0.480 e. The lowest BCUT2D eigenvalue weighted by Gasteiger charge is -2.15. The van der Waals surface area contributed by atoms with E-state index in [-0.39, 0.29) is 30.9 Å². The van der Waals surface area contributed by atoms with Crippen LogP contribution in [0.2, 0.25) is 0 Å². The maximum Gasteiger partial charge on any atom is 0.328 e. The molecule has 0 radical (unpaired) electrons. The molecule has 0 saturated heterocycles. The van der Waals surface area contributed by atoms with Gasteiger partial charge in [-0.2, -0.15) is 0 Å². The Bertz CT molecular complexity index is 968. The summed E-state index contributed by atoms with van der Waals surface area (Å²) in [5, 5.41) is 22.5. The third-order valence-corrected chi connectivity index (χ3v) is 9.94. The van der Waals surface area contributed by atoms with Gasteiger partial charge in [0.05, 0.1) is 13.2 Å². The first kappa shape index (κ1) is 51.3. The van der Waals surface area contributed by atoms with Crippen molar-refractivity contribution in [1.29, 1.82) is 0 Å². The third kappa shape index (κ3) is 36.3. The summed E-state index contributed by atoms with van der Waals surface area (Å²) in [6.07, 6.45) is 43.7. The predicted molar refractivity (Wildman–Crippen MR) is 222 cm³/mol. The van der Waals surface area contributed by atoms with Gasteiger partial charge in [0.1, 0.15) is 12.1 Å². The van der Waals surface area contributed by atoms with E-state index in [1.54, 1.807) is 0 Å². The molecule has 0 aliphatic heterocycles. The van der Waals surface area contributed by atoms with Crippen LogP contribution in [-0.2, 0) is 23.9 Å². The van der Waals surface area contributed by atoms with Gasteiger partial charge in [0.25, 0.3) is 0 Å². The van der Waals surface area contributed by atoms with Crippen LogP contribution in [0.15, 0.2) is 24.3 Å². The number of hydrogen-bond acceptors (Lipinski definition) is 6. The van der Waals surface area contributed by atoms with E-state index in [1.807, 2.05) is 6.08 Å². The van der Waals surface area contributed by atoms with E-state index in [4.69, 9.17) is 14.9 Å². The number of aliphatic hydroxyl groups is 1. The van der Waals surface area contributed by atoms with Gasteiger partial charge in [-0.15, -0.1) is 0 Å². The molecule has 4 N–H and O–H groups in total. The van der Waals surface area contributed by atoms with Crippen molar-refractivity contribution in [2.24, 2.45) is 0 Å². The number of ether oxygens (including phenoxy) is 1. The topological polar surface area (TPSA) is 142 Å². The molecule has 0 bridgehead atoms. The van der Waals surface area contributed by atoms with Gasteiger partial charge in [-0.3, -0.25) is 14.4 Å². The van der Waals surface area contributed by atoms with Crippen LogP contribution in [-0.4, -0.2) is 59.3 Å². The van der Waals surface area contributed by atoms with Crippen LogP contribution in [0.4, 0.5) is 0 Å². The molecule has 0 fully saturated rings. The summed E-state index contributed by atoms with van der Waals surface area (Å²) >= 11 is 0. The molecule has 0 saturated carbocycles. The zero-order chi connectivity index (χ0) is 39.7. The van der Waals surface area contributed by atoms with E-state index in [0.717, 1.165) is 51.4 Å². The first-order valence-electron chi connectivity index (χ1n) is 22.2. The SMILES string of the molecule is CCCCCC/C=C\C/C=C\C(CCCCCCC(=O)NCC(=O)NC(CO)C(=O)O)OC(=O)CCCCCCCCCCCCCCCCCCCC. The molecule has 0 spiro atoms. The Morgan fingerprint density at radius 1 is 0.574 bits per heavy atom. The molecule has 2 atom stereocenters. The lowest BCUT2D eigenvalue weighted by atomic mass is 10.0. The molecule has 9 nitrogen and oxygen atoms in total. The van der Waals surface area contributed by atoms with Gasteiger partial charge in [-0.05, 0) is 51.0 Å². The van der Waals surface area contributed by atoms with Crippen LogP contribution in [0, 0.1) is 0 Å². The summed E-state index contributed by atoms with van der Waals surface area (Å²) in [4.78, 5) is 47.5. The number of unbranched alkanes of at least 4 members (excludes halogenated alkanes) is 24. The average molecular weight is 763 g/mol. The Labute approximate surface area is 330 Å². The molecule has 0 aromatic heterocycles. The second kappa shape index (κ2) is 40.0. The number of rotatable bonds is 40. The maximum atomic E-state index is 12.7. The number of aliphatic hydroxyl groups excluding tert-OH is 1. The van der Waals surface area contributed by atoms with Crippen molar-refractivity contribution < 1.29 is 34.1 Å². The summed E-state index contributed by atoms with van der Waals surface area (Å²) < 4.78 is 5.90. The van der Waals surface area contributed by atoms with Crippen LogP contribution in [0.5, 0.6) is 0 Å². The van der Waals surface area contributed by atoms with Crippen molar-refractivity contribution in [3.63, 3.8) is 0 Å². The van der Waals surface area contributed by atoms with E-state index >= 15 is 0 Å². The van der Waals surface area contributed by atoms with E-state index in [9.17, 15) is 19.2 Å². The van der Waals surface area contributed by atoms with Crippen molar-refractivity contribution in [1.82, 2.24) is 10.6 Å². The number of carboxylic acids is 1. The number of carbonyl (C=O) groups excluding carboxylic acids is 3. The van der Waals surface area contributed by atoms with Gasteiger partial charge >= 0.3 is 11.9 Å². The Morgan fingerprint density at radius 2 is 1.06 bits per heavy atom. The van der Waals surface area contributed by atoms with Crippen molar-refractivity contribution >= 4 is 23.8 Å². The first-order valence-corrected chi connectivity index (χ1v) is 22.2. The minimum atomic E-state index is -1.39. The first-order chi connectivity index (χ1) is 26.3. The highest BCUT2D eigenvalue weighted by atomic mass is 16.5. The smallest absolute Gasteiger partial charge is 0.328 e. The summed E-state index contributed by atoms with van der Waals surface area (Å²) in [6, 6.07) is -1.39. The fourth-order valence-electron chi connectivity index (χ4n) is 6.49. The molecule has 0 rings (SSSR count). The average Bonchev–Trinajstić information content (AvgIpc) is 3.15. The second-order valence-electron chi connectivity index (χ2n) is 15.1. The zero-order valence-corrected chi connectivity index (χ0v) is 34.7. The van der Waals surface area contributed by atoms with Gasteiger partial charge in [0.15, 0.2) is 0 Å². The highest BCUT2D eigenvalue weighted by molar-refractivity contribution is 5.87. The zero-order valence-electron chi connectivity index (χ0n) is 34.7. The highest BCUT2D eigenvalue weighted by Gasteiger charge is 2.18. The third-order valence-electron chi connectivity index (χ3n) is 9.94. The molecule has 0 aliphatic carbocycles. The van der Waals surface area contributed by atoms with Gasteiger partial charge < -0.3 is 25.6 Å². The monoisotopic (exact) mass is 763 g/mol. The standard InChI is InChI=1S/C45H82N2O7/c1-3-5-7-9-11-13-14-15-16-17-18-19-20-21-23-25-27-33-37-44(51)54-40(34-30-26-24-22-12-10-8-6-4-2)35-31-28-29-32-36-42(49)46-38-43(50)47-41(39-48)45(52)53/h22,24,30,34,40-41,48H,3-21,23,25-29,31-33,35-39H2,1-2H3,(H,46,49)(H,47,50)(H,52,53)/b24-22-,34-30-. The van der Waals surface area contributed by atoms with Crippen molar-refractivity contribution in [2.75, 3.05) is 13.2 Å². The fraction of sp³-hybridized carbons (Fsp3) is 0.822.